The molecule has 0 bridgehead atoms. The predicted molar refractivity (Wildman–Crippen MR) is 92.6 cm³/mol. The number of amides is 1. The molecule has 0 spiro atoms. The van der Waals surface area contributed by atoms with Crippen molar-refractivity contribution in [3.8, 4) is 0 Å². The van der Waals surface area contributed by atoms with Crippen molar-refractivity contribution in [1.82, 2.24) is 14.7 Å². The number of aliphatic hydroxyl groups excluding tert-OH is 1. The van der Waals surface area contributed by atoms with E-state index in [0.717, 1.165) is 25.8 Å². The highest BCUT2D eigenvalue weighted by atomic mass is 35.5. The number of piperidine rings is 1. The lowest BCUT2D eigenvalue weighted by atomic mass is 9.93. The number of rotatable bonds is 5. The zero-order valence-corrected chi connectivity index (χ0v) is 14.3. The number of carbonyl (C=O) groups excluding carboxylic acids is 1. The molecule has 1 aliphatic heterocycles. The average Bonchev–Trinajstić information content (AvgIpc) is 3.13. The highest BCUT2D eigenvalue weighted by Crippen LogP contribution is 2.24. The molecule has 1 aromatic heterocycles. The number of halogens is 1. The summed E-state index contributed by atoms with van der Waals surface area (Å²) >= 11 is 5.84. The third-order valence-electron chi connectivity index (χ3n) is 4.67. The van der Waals surface area contributed by atoms with Crippen LogP contribution in [0.2, 0.25) is 5.02 Å². The molecule has 1 fully saturated rings. The van der Waals surface area contributed by atoms with Crippen LogP contribution in [-0.2, 0) is 11.3 Å². The lowest BCUT2D eigenvalue weighted by Crippen LogP contribution is -2.41. The van der Waals surface area contributed by atoms with Crippen LogP contribution in [0.25, 0.3) is 0 Å². The van der Waals surface area contributed by atoms with Gasteiger partial charge in [0.15, 0.2) is 6.10 Å². The molecule has 24 heavy (non-hydrogen) atoms. The second-order valence-corrected chi connectivity index (χ2v) is 6.72. The number of hydrogen-bond acceptors (Lipinski definition) is 3. The number of aryl methyl sites for hydroxylation is 1. The Balaban J connectivity index is 1.48. The number of aromatic nitrogens is 2. The lowest BCUT2D eigenvalue weighted by Gasteiger charge is -2.33. The zero-order valence-electron chi connectivity index (χ0n) is 13.5. The van der Waals surface area contributed by atoms with Crippen LogP contribution in [0.3, 0.4) is 0 Å². The Morgan fingerprint density at radius 1 is 1.29 bits per heavy atom. The SMILES string of the molecule is O=C([C@H](O)c1ccc(Cl)cc1)N1CCC(CCn2cccn2)CC1. The highest BCUT2D eigenvalue weighted by Gasteiger charge is 2.27. The first kappa shape index (κ1) is 17.0. The Morgan fingerprint density at radius 2 is 2.00 bits per heavy atom. The Labute approximate surface area is 146 Å². The molecular weight excluding hydrogens is 326 g/mol. The minimum Gasteiger partial charge on any atom is -0.378 e. The van der Waals surface area contributed by atoms with E-state index in [9.17, 15) is 9.90 Å². The fraction of sp³-hybridized carbons (Fsp3) is 0.444. The molecule has 1 atom stereocenters. The zero-order chi connectivity index (χ0) is 16.9. The molecule has 1 saturated heterocycles. The molecule has 128 valence electrons. The van der Waals surface area contributed by atoms with E-state index >= 15 is 0 Å². The molecule has 2 aromatic rings. The van der Waals surface area contributed by atoms with Gasteiger partial charge in [0.1, 0.15) is 0 Å². The molecule has 1 amide bonds. The van der Waals surface area contributed by atoms with E-state index in [0.29, 0.717) is 29.6 Å². The van der Waals surface area contributed by atoms with Gasteiger partial charge in [-0.05, 0) is 48.9 Å². The first-order chi connectivity index (χ1) is 11.6. The van der Waals surface area contributed by atoms with E-state index in [2.05, 4.69) is 5.10 Å². The number of benzene rings is 1. The molecule has 1 N–H and O–H groups in total. The molecule has 0 radical (unpaired) electrons. The van der Waals surface area contributed by atoms with Gasteiger partial charge >= 0.3 is 0 Å². The van der Waals surface area contributed by atoms with Crippen LogP contribution in [0.5, 0.6) is 0 Å². The molecule has 1 aromatic carbocycles. The van der Waals surface area contributed by atoms with Crippen LogP contribution in [0.4, 0.5) is 0 Å². The van der Waals surface area contributed by atoms with Crippen LogP contribution in [0, 0.1) is 5.92 Å². The molecule has 1 aliphatic rings. The van der Waals surface area contributed by atoms with E-state index in [4.69, 9.17) is 11.6 Å². The van der Waals surface area contributed by atoms with Crippen molar-refractivity contribution in [2.75, 3.05) is 13.1 Å². The van der Waals surface area contributed by atoms with E-state index in [-0.39, 0.29) is 5.91 Å². The van der Waals surface area contributed by atoms with Crippen LogP contribution in [-0.4, -0.2) is 38.8 Å². The molecule has 3 rings (SSSR count). The van der Waals surface area contributed by atoms with Gasteiger partial charge in [-0.25, -0.2) is 0 Å². The molecular formula is C18H22ClN3O2. The smallest absolute Gasteiger partial charge is 0.256 e. The fourth-order valence-corrected chi connectivity index (χ4v) is 3.28. The molecule has 6 heteroatoms. The van der Waals surface area contributed by atoms with E-state index in [1.54, 1.807) is 35.4 Å². The first-order valence-corrected chi connectivity index (χ1v) is 8.71. The van der Waals surface area contributed by atoms with Gasteiger partial charge in [0.25, 0.3) is 5.91 Å². The number of hydrogen-bond donors (Lipinski definition) is 1. The number of carbonyl (C=O) groups is 1. The van der Waals surface area contributed by atoms with Crippen LogP contribution in [0.15, 0.2) is 42.7 Å². The minimum absolute atomic E-state index is 0.220. The molecule has 0 saturated carbocycles. The van der Waals surface area contributed by atoms with E-state index < -0.39 is 6.10 Å². The van der Waals surface area contributed by atoms with Crippen LogP contribution >= 0.6 is 11.6 Å². The topological polar surface area (TPSA) is 58.4 Å². The Morgan fingerprint density at radius 3 is 2.62 bits per heavy atom. The van der Waals surface area contributed by atoms with Gasteiger partial charge in [-0.1, -0.05) is 23.7 Å². The second-order valence-electron chi connectivity index (χ2n) is 6.28. The third-order valence-corrected chi connectivity index (χ3v) is 4.92. The minimum atomic E-state index is -1.11. The summed E-state index contributed by atoms with van der Waals surface area (Å²) in [5.74, 6) is 0.383. The number of nitrogens with zero attached hydrogens (tertiary/aromatic N) is 3. The monoisotopic (exact) mass is 347 g/mol. The van der Waals surface area contributed by atoms with Crippen LogP contribution in [0.1, 0.15) is 30.9 Å². The van der Waals surface area contributed by atoms with Gasteiger partial charge in [-0.2, -0.15) is 5.10 Å². The van der Waals surface area contributed by atoms with Gasteiger partial charge in [0, 0.05) is 37.1 Å². The van der Waals surface area contributed by atoms with E-state index in [1.807, 2.05) is 16.9 Å². The van der Waals surface area contributed by atoms with Crippen molar-refractivity contribution in [3.63, 3.8) is 0 Å². The van der Waals surface area contributed by atoms with Crippen molar-refractivity contribution in [3.05, 3.63) is 53.3 Å². The highest BCUT2D eigenvalue weighted by molar-refractivity contribution is 6.30. The van der Waals surface area contributed by atoms with Gasteiger partial charge in [-0.15, -0.1) is 0 Å². The number of likely N-dealkylation sites (tertiary alicyclic amines) is 1. The van der Waals surface area contributed by atoms with Gasteiger partial charge in [-0.3, -0.25) is 9.48 Å². The third kappa shape index (κ3) is 4.16. The molecule has 0 aliphatic carbocycles. The van der Waals surface area contributed by atoms with Gasteiger partial charge in [0.2, 0.25) is 0 Å². The van der Waals surface area contributed by atoms with Crippen molar-refractivity contribution in [2.45, 2.75) is 31.9 Å². The quantitative estimate of drug-likeness (QED) is 0.904. The Bertz CT molecular complexity index is 649. The lowest BCUT2D eigenvalue weighted by molar-refractivity contribution is -0.142. The maximum absolute atomic E-state index is 12.5. The average molecular weight is 348 g/mol. The summed E-state index contributed by atoms with van der Waals surface area (Å²) in [5, 5.41) is 15.1. The Hall–Kier alpha value is -1.85. The Kier molecular flexibility index (Phi) is 5.53. The number of aliphatic hydroxyl groups is 1. The molecule has 5 nitrogen and oxygen atoms in total. The summed E-state index contributed by atoms with van der Waals surface area (Å²) in [6.07, 6.45) is 5.67. The van der Waals surface area contributed by atoms with Gasteiger partial charge < -0.3 is 10.0 Å². The maximum Gasteiger partial charge on any atom is 0.256 e. The largest absolute Gasteiger partial charge is 0.378 e. The van der Waals surface area contributed by atoms with Gasteiger partial charge in [0.05, 0.1) is 0 Å². The standard InChI is InChI=1S/C18H22ClN3O2/c19-16-4-2-15(3-5-16)17(23)18(24)21-11-6-14(7-12-21)8-13-22-10-1-9-20-22/h1-5,9-10,14,17,23H,6-8,11-13H2/t17-/m1/s1. The normalized spacial score (nSPS) is 17.0. The maximum atomic E-state index is 12.5. The fourth-order valence-electron chi connectivity index (χ4n) is 3.15. The molecule has 0 unspecified atom stereocenters. The second kappa shape index (κ2) is 7.81. The summed E-state index contributed by atoms with van der Waals surface area (Å²) in [7, 11) is 0. The van der Waals surface area contributed by atoms with Crippen molar-refractivity contribution >= 4 is 17.5 Å². The summed E-state index contributed by atoms with van der Waals surface area (Å²) in [4.78, 5) is 14.2. The first-order valence-electron chi connectivity index (χ1n) is 8.33. The van der Waals surface area contributed by atoms with Crippen molar-refractivity contribution in [2.24, 2.45) is 5.92 Å². The summed E-state index contributed by atoms with van der Waals surface area (Å²) < 4.78 is 1.95. The summed E-state index contributed by atoms with van der Waals surface area (Å²) in [6.45, 7) is 2.32. The van der Waals surface area contributed by atoms with Crippen LogP contribution < -0.4 is 0 Å². The summed E-state index contributed by atoms with van der Waals surface area (Å²) in [6, 6.07) is 8.70. The predicted octanol–water partition coefficient (Wildman–Crippen LogP) is 2.90. The summed E-state index contributed by atoms with van der Waals surface area (Å²) in [5.41, 5.74) is 0.588. The van der Waals surface area contributed by atoms with E-state index in [1.165, 1.54) is 0 Å². The van der Waals surface area contributed by atoms with Crippen molar-refractivity contribution in [1.29, 1.82) is 0 Å². The molecule has 2 heterocycles. The van der Waals surface area contributed by atoms with Crippen molar-refractivity contribution < 1.29 is 9.90 Å².